The normalized spacial score (nSPS) is 9.62. The predicted octanol–water partition coefficient (Wildman–Crippen LogP) is 5.91. The Morgan fingerprint density at radius 2 is 1.62 bits per heavy atom. The van der Waals surface area contributed by atoms with Crippen LogP contribution in [0.1, 0.15) is 38.8 Å². The van der Waals surface area contributed by atoms with Gasteiger partial charge in [0.05, 0.1) is 5.69 Å². The van der Waals surface area contributed by atoms with E-state index in [1.165, 1.54) is 0 Å². The Bertz CT molecular complexity index is 938. The van der Waals surface area contributed by atoms with E-state index in [2.05, 4.69) is 6.58 Å². The molecule has 1 heterocycles. The molecular weight excluding hydrogens is 322 g/mol. The van der Waals surface area contributed by atoms with E-state index in [9.17, 15) is 9.90 Å². The lowest BCUT2D eigenvalue weighted by molar-refractivity contribution is 0.471. The largest absolute Gasteiger partial charge is 0.507 e. The highest BCUT2D eigenvalue weighted by atomic mass is 16.3. The molecule has 0 unspecified atom stereocenters. The van der Waals surface area contributed by atoms with E-state index < -0.39 is 0 Å². The number of hydrogen-bond acceptors (Lipinski definition) is 2. The summed E-state index contributed by atoms with van der Waals surface area (Å²) >= 11 is 0. The molecule has 0 aliphatic carbocycles. The van der Waals surface area contributed by atoms with Crippen LogP contribution in [0.3, 0.4) is 0 Å². The van der Waals surface area contributed by atoms with E-state index in [0.29, 0.717) is 5.56 Å². The van der Waals surface area contributed by atoms with Gasteiger partial charge in [-0.3, -0.25) is 4.79 Å². The first kappa shape index (κ1) is 21.2. The highest BCUT2D eigenvalue weighted by Crippen LogP contribution is 2.36. The van der Waals surface area contributed by atoms with Crippen molar-refractivity contribution in [2.45, 2.75) is 34.6 Å². The lowest BCUT2D eigenvalue weighted by atomic mass is 9.95. The molecule has 0 saturated carbocycles. The molecule has 3 nitrogen and oxygen atoms in total. The smallest absolute Gasteiger partial charge is 0.251 e. The van der Waals surface area contributed by atoms with Crippen molar-refractivity contribution in [1.82, 2.24) is 4.57 Å². The Morgan fingerprint density at radius 3 is 2.15 bits per heavy atom. The van der Waals surface area contributed by atoms with Gasteiger partial charge in [-0.25, -0.2) is 0 Å². The lowest BCUT2D eigenvalue weighted by Gasteiger charge is -2.16. The molecule has 0 fully saturated rings. The van der Waals surface area contributed by atoms with Gasteiger partial charge in [-0.05, 0) is 29.5 Å². The molecule has 1 N–H and O–H groups in total. The molecule has 138 valence electrons. The molecule has 0 saturated heterocycles. The van der Waals surface area contributed by atoms with Crippen molar-refractivity contribution in [3.8, 4) is 17.0 Å². The Balaban J connectivity index is 0.000000791. The number of phenolic OH excluding ortho intramolecular Hbond substituents is 1. The lowest BCUT2D eigenvalue weighted by Crippen LogP contribution is -2.18. The van der Waals surface area contributed by atoms with Crippen molar-refractivity contribution >= 4 is 16.8 Å². The number of fused-ring (bicyclic) bond motifs is 1. The molecule has 0 bridgehead atoms. The van der Waals surface area contributed by atoms with Crippen LogP contribution in [0.4, 0.5) is 0 Å². The number of nitrogens with zero attached hydrogens (tertiary/aromatic N) is 1. The van der Waals surface area contributed by atoms with Crippen LogP contribution in [-0.2, 0) is 7.05 Å². The maximum absolute atomic E-state index is 12.3. The summed E-state index contributed by atoms with van der Waals surface area (Å²) in [5.74, 6) is 0.207. The summed E-state index contributed by atoms with van der Waals surface area (Å²) in [6, 6.07) is 13.1. The Hall–Kier alpha value is -2.81. The van der Waals surface area contributed by atoms with Crippen LogP contribution in [0.25, 0.3) is 28.1 Å². The van der Waals surface area contributed by atoms with E-state index >= 15 is 0 Å². The van der Waals surface area contributed by atoms with Crippen molar-refractivity contribution in [2.24, 2.45) is 7.05 Å². The number of aryl methyl sites for hydroxylation is 1. The Kier molecular flexibility index (Phi) is 7.85. The van der Waals surface area contributed by atoms with Crippen LogP contribution in [0.15, 0.2) is 53.8 Å². The second-order valence-corrected chi connectivity index (χ2v) is 5.38. The Morgan fingerprint density at radius 1 is 1.04 bits per heavy atom. The maximum Gasteiger partial charge on any atom is 0.251 e. The summed E-state index contributed by atoms with van der Waals surface area (Å²) in [7, 11) is 1.74. The second-order valence-electron chi connectivity index (χ2n) is 5.38. The Labute approximate surface area is 156 Å². The van der Waals surface area contributed by atoms with E-state index in [1.54, 1.807) is 23.8 Å². The molecule has 2 aromatic carbocycles. The van der Waals surface area contributed by atoms with Gasteiger partial charge in [0.1, 0.15) is 5.75 Å². The van der Waals surface area contributed by atoms with Gasteiger partial charge in [0.2, 0.25) is 0 Å². The van der Waals surface area contributed by atoms with Crippen LogP contribution in [0.5, 0.6) is 5.75 Å². The van der Waals surface area contributed by atoms with Crippen molar-refractivity contribution in [3.63, 3.8) is 0 Å². The summed E-state index contributed by atoms with van der Waals surface area (Å²) in [5.41, 5.74) is 3.03. The number of hydrogen-bond donors (Lipinski definition) is 1. The molecule has 26 heavy (non-hydrogen) atoms. The predicted molar refractivity (Wildman–Crippen MR) is 114 cm³/mol. The summed E-state index contributed by atoms with van der Waals surface area (Å²) in [4.78, 5) is 12.3. The summed E-state index contributed by atoms with van der Waals surface area (Å²) in [5, 5.41) is 12.0. The fraction of sp³-hybridized carbons (Fsp3) is 0.261. The fourth-order valence-corrected chi connectivity index (χ4v) is 2.88. The van der Waals surface area contributed by atoms with E-state index in [-0.39, 0.29) is 11.3 Å². The van der Waals surface area contributed by atoms with Crippen LogP contribution < -0.4 is 5.56 Å². The van der Waals surface area contributed by atoms with Gasteiger partial charge in [0, 0.05) is 24.1 Å². The van der Waals surface area contributed by atoms with Gasteiger partial charge in [-0.1, -0.05) is 70.7 Å². The number of pyridine rings is 1. The molecule has 0 aliphatic heterocycles. The van der Waals surface area contributed by atoms with Crippen LogP contribution in [-0.4, -0.2) is 9.67 Å². The van der Waals surface area contributed by atoms with Gasteiger partial charge >= 0.3 is 0 Å². The number of rotatable bonds is 2. The van der Waals surface area contributed by atoms with Crippen molar-refractivity contribution in [2.75, 3.05) is 0 Å². The molecule has 0 spiro atoms. The van der Waals surface area contributed by atoms with Gasteiger partial charge in [-0.2, -0.15) is 0 Å². The van der Waals surface area contributed by atoms with Crippen molar-refractivity contribution in [3.05, 3.63) is 70.5 Å². The van der Waals surface area contributed by atoms with Gasteiger partial charge in [0.25, 0.3) is 5.56 Å². The zero-order valence-corrected chi connectivity index (χ0v) is 16.6. The third-order valence-electron chi connectivity index (χ3n) is 3.99. The van der Waals surface area contributed by atoms with Crippen molar-refractivity contribution in [1.29, 1.82) is 0 Å². The fourth-order valence-electron chi connectivity index (χ4n) is 2.88. The quantitative estimate of drug-likeness (QED) is 0.623. The van der Waals surface area contributed by atoms with E-state index in [4.69, 9.17) is 0 Å². The molecule has 0 amide bonds. The number of benzene rings is 2. The minimum atomic E-state index is -0.0774. The first-order valence-corrected chi connectivity index (χ1v) is 9.08. The summed E-state index contributed by atoms with van der Waals surface area (Å²) in [6.45, 7) is 13.6. The third-order valence-corrected chi connectivity index (χ3v) is 3.99. The van der Waals surface area contributed by atoms with Crippen LogP contribution in [0.2, 0.25) is 0 Å². The highest BCUT2D eigenvalue weighted by Gasteiger charge is 2.16. The first-order valence-electron chi connectivity index (χ1n) is 9.08. The first-order chi connectivity index (χ1) is 12.5. The summed E-state index contributed by atoms with van der Waals surface area (Å²) < 4.78 is 1.61. The molecular formula is C23H29NO2. The van der Waals surface area contributed by atoms with Crippen LogP contribution >= 0.6 is 0 Å². The van der Waals surface area contributed by atoms with Gasteiger partial charge in [0.15, 0.2) is 0 Å². The van der Waals surface area contributed by atoms with E-state index in [0.717, 1.165) is 27.6 Å². The molecule has 0 radical (unpaired) electrons. The molecule has 1 aromatic heterocycles. The maximum atomic E-state index is 12.3. The number of phenols is 1. The minimum Gasteiger partial charge on any atom is -0.507 e. The minimum absolute atomic E-state index is 0.0774. The number of aromatic nitrogens is 1. The zero-order chi connectivity index (χ0) is 19.9. The molecule has 0 aliphatic rings. The molecule has 3 heteroatoms. The summed E-state index contributed by atoms with van der Waals surface area (Å²) in [6.07, 6.45) is 1.64. The topological polar surface area (TPSA) is 42.2 Å². The molecule has 0 atom stereocenters. The number of aromatic hydroxyl groups is 1. The second kappa shape index (κ2) is 9.62. The highest BCUT2D eigenvalue weighted by molar-refractivity contribution is 6.02. The van der Waals surface area contributed by atoms with Gasteiger partial charge in [-0.15, -0.1) is 0 Å². The third kappa shape index (κ3) is 3.88. The van der Waals surface area contributed by atoms with Crippen LogP contribution in [0, 0.1) is 6.92 Å². The zero-order valence-electron chi connectivity index (χ0n) is 16.6. The molecule has 3 aromatic rings. The average molecular weight is 351 g/mol. The average Bonchev–Trinajstić information content (AvgIpc) is 2.69. The SMILES string of the molecule is C=Cc1c(O)c(C)cc2cc(=O)n(C)c(-c3ccccc3)c12.CC.CC. The molecule has 3 rings (SSSR count). The van der Waals surface area contributed by atoms with E-state index in [1.807, 2.05) is 71.0 Å². The van der Waals surface area contributed by atoms with Crippen molar-refractivity contribution < 1.29 is 5.11 Å². The monoisotopic (exact) mass is 351 g/mol. The standard InChI is InChI=1S/C19H17NO2.2C2H6/c1-4-15-17-14(10-12(2)19(15)22)11-16(21)20(3)18(17)13-8-6-5-7-9-13;2*1-2/h4-11,22H,1H2,2-3H3;2*1-2H3. The van der Waals surface area contributed by atoms with Gasteiger partial charge < -0.3 is 9.67 Å².